The van der Waals surface area contributed by atoms with Gasteiger partial charge < -0.3 is 14.8 Å². The summed E-state index contributed by atoms with van der Waals surface area (Å²) in [6, 6.07) is 0.285. The summed E-state index contributed by atoms with van der Waals surface area (Å²) in [5.74, 6) is 0. The number of thiazole rings is 1. The van der Waals surface area contributed by atoms with E-state index in [1.54, 1.807) is 11.3 Å². The molecule has 1 heterocycles. The standard InChI is InChI=1S/C13H24N2O2S/c1-5-16-12(17-6-2)7-8-14-11(4)13-15-10(3)9-18-13/h9,11-12,14H,5-8H2,1-4H3. The van der Waals surface area contributed by atoms with Crippen LogP contribution in [0.25, 0.3) is 0 Å². The van der Waals surface area contributed by atoms with Crippen LogP contribution in [0.4, 0.5) is 0 Å². The molecule has 104 valence electrons. The van der Waals surface area contributed by atoms with E-state index in [2.05, 4.69) is 22.6 Å². The molecule has 0 aliphatic carbocycles. The largest absolute Gasteiger partial charge is 0.353 e. The van der Waals surface area contributed by atoms with Gasteiger partial charge in [-0.15, -0.1) is 11.3 Å². The summed E-state index contributed by atoms with van der Waals surface area (Å²) >= 11 is 1.70. The monoisotopic (exact) mass is 272 g/mol. The first-order valence-corrected chi connectivity index (χ1v) is 7.43. The molecule has 0 saturated carbocycles. The molecule has 1 aromatic heterocycles. The van der Waals surface area contributed by atoms with Crippen LogP contribution in [0, 0.1) is 6.92 Å². The number of hydrogen-bond acceptors (Lipinski definition) is 5. The van der Waals surface area contributed by atoms with Crippen molar-refractivity contribution in [3.63, 3.8) is 0 Å². The lowest BCUT2D eigenvalue weighted by Gasteiger charge is -2.18. The van der Waals surface area contributed by atoms with Crippen molar-refractivity contribution in [2.75, 3.05) is 19.8 Å². The molecule has 0 aromatic carbocycles. The number of nitrogens with zero attached hydrogens (tertiary/aromatic N) is 1. The zero-order valence-electron chi connectivity index (χ0n) is 11.7. The first-order chi connectivity index (χ1) is 8.67. The second kappa shape index (κ2) is 8.58. The average molecular weight is 272 g/mol. The van der Waals surface area contributed by atoms with Crippen molar-refractivity contribution in [3.8, 4) is 0 Å². The van der Waals surface area contributed by atoms with E-state index in [1.807, 2.05) is 20.8 Å². The zero-order chi connectivity index (χ0) is 13.4. The van der Waals surface area contributed by atoms with Crippen molar-refractivity contribution in [1.82, 2.24) is 10.3 Å². The van der Waals surface area contributed by atoms with Crippen LogP contribution < -0.4 is 5.32 Å². The van der Waals surface area contributed by atoms with Gasteiger partial charge in [0.1, 0.15) is 5.01 Å². The molecule has 0 aliphatic heterocycles. The molecule has 4 nitrogen and oxygen atoms in total. The summed E-state index contributed by atoms with van der Waals surface area (Å²) in [6.07, 6.45) is 0.758. The van der Waals surface area contributed by atoms with Crippen molar-refractivity contribution >= 4 is 11.3 Å². The Morgan fingerprint density at radius 1 is 1.33 bits per heavy atom. The van der Waals surface area contributed by atoms with Gasteiger partial charge in [-0.3, -0.25) is 0 Å². The number of rotatable bonds is 9. The Balaban J connectivity index is 2.27. The predicted octanol–water partition coefficient (Wildman–Crippen LogP) is 2.89. The van der Waals surface area contributed by atoms with Crippen LogP contribution in [0.3, 0.4) is 0 Å². The van der Waals surface area contributed by atoms with E-state index in [9.17, 15) is 0 Å². The molecular weight excluding hydrogens is 248 g/mol. The van der Waals surface area contributed by atoms with Gasteiger partial charge in [-0.05, 0) is 27.7 Å². The lowest BCUT2D eigenvalue weighted by Crippen LogP contribution is -2.26. The number of aryl methyl sites for hydroxylation is 1. The van der Waals surface area contributed by atoms with E-state index in [-0.39, 0.29) is 12.3 Å². The summed E-state index contributed by atoms with van der Waals surface area (Å²) in [5.41, 5.74) is 1.09. The molecule has 1 rings (SSSR count). The minimum absolute atomic E-state index is 0.0993. The fourth-order valence-corrected chi connectivity index (χ4v) is 2.49. The summed E-state index contributed by atoms with van der Waals surface area (Å²) in [4.78, 5) is 4.47. The predicted molar refractivity (Wildman–Crippen MR) is 74.9 cm³/mol. The minimum Gasteiger partial charge on any atom is -0.353 e. The third kappa shape index (κ3) is 5.44. The third-order valence-corrected chi connectivity index (χ3v) is 3.69. The van der Waals surface area contributed by atoms with Crippen LogP contribution in [-0.4, -0.2) is 31.0 Å². The Hall–Kier alpha value is -0.490. The van der Waals surface area contributed by atoms with E-state index in [0.717, 1.165) is 23.7 Å². The molecule has 0 aliphatic rings. The smallest absolute Gasteiger partial charge is 0.158 e. The summed E-state index contributed by atoms with van der Waals surface area (Å²) in [5, 5.41) is 6.66. The van der Waals surface area contributed by atoms with Crippen LogP contribution in [0.1, 0.15) is 43.9 Å². The molecule has 0 amide bonds. The normalized spacial score (nSPS) is 13.2. The minimum atomic E-state index is -0.0993. The molecule has 1 unspecified atom stereocenters. The van der Waals surface area contributed by atoms with Gasteiger partial charge in [0.15, 0.2) is 6.29 Å². The molecule has 5 heteroatoms. The van der Waals surface area contributed by atoms with E-state index in [4.69, 9.17) is 9.47 Å². The average Bonchev–Trinajstić information content (AvgIpc) is 2.76. The molecular formula is C13H24N2O2S. The van der Waals surface area contributed by atoms with Crippen molar-refractivity contribution < 1.29 is 9.47 Å². The molecule has 18 heavy (non-hydrogen) atoms. The topological polar surface area (TPSA) is 43.4 Å². The molecule has 0 bridgehead atoms. The molecule has 0 fully saturated rings. The molecule has 0 spiro atoms. The highest BCUT2D eigenvalue weighted by Crippen LogP contribution is 2.17. The van der Waals surface area contributed by atoms with Crippen LogP contribution in [0.2, 0.25) is 0 Å². The maximum Gasteiger partial charge on any atom is 0.158 e. The molecule has 0 radical (unpaired) electrons. The van der Waals surface area contributed by atoms with Gasteiger partial charge in [-0.1, -0.05) is 0 Å². The Kier molecular flexibility index (Phi) is 7.42. The van der Waals surface area contributed by atoms with Gasteiger partial charge in [-0.25, -0.2) is 4.98 Å². The SMILES string of the molecule is CCOC(CCNC(C)c1nc(C)cs1)OCC. The summed E-state index contributed by atoms with van der Waals surface area (Å²) in [6.45, 7) is 10.4. The molecule has 1 aromatic rings. The lowest BCUT2D eigenvalue weighted by atomic mass is 10.3. The number of ether oxygens (including phenoxy) is 2. The third-order valence-electron chi connectivity index (χ3n) is 2.54. The van der Waals surface area contributed by atoms with Gasteiger partial charge >= 0.3 is 0 Å². The maximum absolute atomic E-state index is 5.50. The van der Waals surface area contributed by atoms with Gasteiger partial charge in [0.25, 0.3) is 0 Å². The highest BCUT2D eigenvalue weighted by atomic mass is 32.1. The maximum atomic E-state index is 5.50. The number of aromatic nitrogens is 1. The number of hydrogen-bond donors (Lipinski definition) is 1. The fraction of sp³-hybridized carbons (Fsp3) is 0.769. The van der Waals surface area contributed by atoms with Crippen molar-refractivity contribution in [2.45, 2.75) is 46.4 Å². The van der Waals surface area contributed by atoms with Crippen LogP contribution in [-0.2, 0) is 9.47 Å². The Morgan fingerprint density at radius 2 is 2.00 bits per heavy atom. The summed E-state index contributed by atoms with van der Waals surface area (Å²) < 4.78 is 11.0. The highest BCUT2D eigenvalue weighted by Gasteiger charge is 2.11. The van der Waals surface area contributed by atoms with Crippen molar-refractivity contribution in [1.29, 1.82) is 0 Å². The molecule has 1 atom stereocenters. The Labute approximate surface area is 114 Å². The first-order valence-electron chi connectivity index (χ1n) is 6.56. The van der Waals surface area contributed by atoms with Crippen LogP contribution in [0.5, 0.6) is 0 Å². The van der Waals surface area contributed by atoms with Gasteiger partial charge in [0.2, 0.25) is 0 Å². The van der Waals surface area contributed by atoms with E-state index in [0.29, 0.717) is 13.2 Å². The lowest BCUT2D eigenvalue weighted by molar-refractivity contribution is -0.138. The van der Waals surface area contributed by atoms with Crippen molar-refractivity contribution in [2.24, 2.45) is 0 Å². The Bertz CT molecular complexity index is 325. The molecule has 1 N–H and O–H groups in total. The summed E-state index contributed by atoms with van der Waals surface area (Å²) in [7, 11) is 0. The van der Waals surface area contributed by atoms with Crippen molar-refractivity contribution in [3.05, 3.63) is 16.1 Å². The van der Waals surface area contributed by atoms with E-state index < -0.39 is 0 Å². The second-order valence-electron chi connectivity index (χ2n) is 4.13. The quantitative estimate of drug-likeness (QED) is 0.702. The zero-order valence-corrected chi connectivity index (χ0v) is 12.5. The number of nitrogens with one attached hydrogen (secondary N) is 1. The van der Waals surface area contributed by atoms with E-state index in [1.165, 1.54) is 0 Å². The molecule has 0 saturated heterocycles. The van der Waals surface area contributed by atoms with Crippen LogP contribution in [0.15, 0.2) is 5.38 Å². The second-order valence-corrected chi connectivity index (χ2v) is 5.02. The fourth-order valence-electron chi connectivity index (χ4n) is 1.66. The first kappa shape index (κ1) is 15.6. The highest BCUT2D eigenvalue weighted by molar-refractivity contribution is 7.09. The Morgan fingerprint density at radius 3 is 2.50 bits per heavy atom. The van der Waals surface area contributed by atoms with Gasteiger partial charge in [0, 0.05) is 37.3 Å². The van der Waals surface area contributed by atoms with Gasteiger partial charge in [-0.2, -0.15) is 0 Å². The van der Waals surface area contributed by atoms with Crippen LogP contribution >= 0.6 is 11.3 Å². The van der Waals surface area contributed by atoms with Gasteiger partial charge in [0.05, 0.1) is 6.04 Å². The van der Waals surface area contributed by atoms with E-state index >= 15 is 0 Å².